The molecule has 25 heavy (non-hydrogen) atoms. The van der Waals surface area contributed by atoms with Crippen molar-refractivity contribution in [1.82, 2.24) is 29.7 Å². The fourth-order valence-electron chi connectivity index (χ4n) is 3.31. The summed E-state index contributed by atoms with van der Waals surface area (Å²) in [6.45, 7) is 6.98. The van der Waals surface area contributed by atoms with E-state index in [9.17, 15) is 4.79 Å². The van der Waals surface area contributed by atoms with Gasteiger partial charge in [-0.15, -0.1) is 0 Å². The van der Waals surface area contributed by atoms with Crippen LogP contribution >= 0.6 is 0 Å². The van der Waals surface area contributed by atoms with Gasteiger partial charge >= 0.3 is 0 Å². The molecule has 0 spiro atoms. The number of likely N-dealkylation sites (tertiary alicyclic amines) is 1. The normalized spacial score (nSPS) is 17.8. The van der Waals surface area contributed by atoms with Crippen LogP contribution in [-0.2, 0) is 24.4 Å². The van der Waals surface area contributed by atoms with Crippen molar-refractivity contribution in [2.24, 2.45) is 0 Å². The Morgan fingerprint density at radius 3 is 3.04 bits per heavy atom. The first kappa shape index (κ1) is 17.5. The van der Waals surface area contributed by atoms with Gasteiger partial charge in [0.25, 0.3) is 0 Å². The van der Waals surface area contributed by atoms with Gasteiger partial charge in [0.2, 0.25) is 5.91 Å². The van der Waals surface area contributed by atoms with Gasteiger partial charge < -0.3 is 9.88 Å². The molecule has 0 saturated carbocycles. The second kappa shape index (κ2) is 8.20. The molecule has 0 aliphatic carbocycles. The average Bonchev–Trinajstić information content (AvgIpc) is 3.24. The molecule has 1 aliphatic heterocycles. The van der Waals surface area contributed by atoms with E-state index in [0.717, 1.165) is 56.2 Å². The lowest BCUT2D eigenvalue weighted by Crippen LogP contribution is -2.27. The highest BCUT2D eigenvalue weighted by Crippen LogP contribution is 2.31. The highest BCUT2D eigenvalue weighted by Gasteiger charge is 2.29. The zero-order chi connectivity index (χ0) is 17.6. The summed E-state index contributed by atoms with van der Waals surface area (Å²) >= 11 is 0. The van der Waals surface area contributed by atoms with E-state index in [-0.39, 0.29) is 11.9 Å². The molecule has 7 nitrogen and oxygen atoms in total. The maximum atomic E-state index is 11.1. The lowest BCUT2D eigenvalue weighted by molar-refractivity contribution is -0.119. The Labute approximate surface area is 148 Å². The lowest BCUT2D eigenvalue weighted by atomic mass is 10.2. The molecule has 2 aromatic rings. The number of hydrogen-bond donors (Lipinski definition) is 1. The Balaban J connectivity index is 1.72. The number of rotatable bonds is 7. The molecule has 0 unspecified atom stereocenters. The summed E-state index contributed by atoms with van der Waals surface area (Å²) in [5, 5.41) is 2.79. The smallest absolute Gasteiger partial charge is 0.217 e. The van der Waals surface area contributed by atoms with Gasteiger partial charge in [0.1, 0.15) is 11.6 Å². The molecule has 1 N–H and O–H groups in total. The first-order valence-electron chi connectivity index (χ1n) is 8.97. The molecule has 1 atom stereocenters. The monoisotopic (exact) mass is 342 g/mol. The fraction of sp³-hybridized carbons (Fsp3) is 0.556. The van der Waals surface area contributed by atoms with Crippen molar-refractivity contribution in [1.29, 1.82) is 0 Å². The van der Waals surface area contributed by atoms with Gasteiger partial charge in [-0.1, -0.05) is 6.92 Å². The van der Waals surface area contributed by atoms with Crippen molar-refractivity contribution in [3.63, 3.8) is 0 Å². The van der Waals surface area contributed by atoms with Gasteiger partial charge in [0.15, 0.2) is 0 Å². The van der Waals surface area contributed by atoms with E-state index in [4.69, 9.17) is 0 Å². The van der Waals surface area contributed by atoms with Crippen molar-refractivity contribution in [2.45, 2.75) is 58.8 Å². The quantitative estimate of drug-likeness (QED) is 0.833. The van der Waals surface area contributed by atoms with Crippen LogP contribution in [0.1, 0.15) is 56.5 Å². The lowest BCUT2D eigenvalue weighted by Gasteiger charge is -2.23. The Morgan fingerprint density at radius 2 is 2.24 bits per heavy atom. The summed E-state index contributed by atoms with van der Waals surface area (Å²) in [4.78, 5) is 27.2. The van der Waals surface area contributed by atoms with Crippen LogP contribution in [0.5, 0.6) is 0 Å². The average molecular weight is 342 g/mol. The molecular weight excluding hydrogens is 316 g/mol. The molecule has 0 aromatic carbocycles. The number of nitrogens with one attached hydrogen (secondary N) is 1. The summed E-state index contributed by atoms with van der Waals surface area (Å²) in [5.41, 5.74) is 0.847. The molecule has 0 bridgehead atoms. The summed E-state index contributed by atoms with van der Waals surface area (Å²) < 4.78 is 2.23. The van der Waals surface area contributed by atoms with Crippen LogP contribution in [0, 0.1) is 0 Å². The largest absolute Gasteiger partial charge is 0.351 e. The standard InChI is InChI=1S/C18H26N6O/c1-3-9-23-11-8-19-17(23)13-24-10-4-5-16(24)18-20-7-6-15(22-18)12-21-14(2)25/h6-8,11,16H,3-5,9-10,12-13H2,1-2H3,(H,21,25)/t16-/m1/s1. The fourth-order valence-corrected chi connectivity index (χ4v) is 3.31. The molecule has 2 aromatic heterocycles. The number of amides is 1. The van der Waals surface area contributed by atoms with Gasteiger partial charge in [-0.3, -0.25) is 9.69 Å². The van der Waals surface area contributed by atoms with Crippen molar-refractivity contribution < 1.29 is 4.79 Å². The Kier molecular flexibility index (Phi) is 5.75. The molecule has 134 valence electrons. The van der Waals surface area contributed by atoms with Crippen LogP contribution in [0.2, 0.25) is 0 Å². The van der Waals surface area contributed by atoms with Crippen molar-refractivity contribution in [2.75, 3.05) is 6.54 Å². The van der Waals surface area contributed by atoms with Crippen LogP contribution in [0.4, 0.5) is 0 Å². The van der Waals surface area contributed by atoms with Crippen LogP contribution < -0.4 is 5.32 Å². The third kappa shape index (κ3) is 4.42. The van der Waals surface area contributed by atoms with Crippen LogP contribution in [0.15, 0.2) is 24.7 Å². The van der Waals surface area contributed by atoms with Crippen molar-refractivity contribution >= 4 is 5.91 Å². The van der Waals surface area contributed by atoms with Gasteiger partial charge in [-0.2, -0.15) is 0 Å². The third-order valence-electron chi connectivity index (χ3n) is 4.52. The third-order valence-corrected chi connectivity index (χ3v) is 4.52. The number of nitrogens with zero attached hydrogens (tertiary/aromatic N) is 5. The minimum absolute atomic E-state index is 0.0505. The molecule has 1 saturated heterocycles. The minimum atomic E-state index is -0.0505. The van der Waals surface area contributed by atoms with E-state index >= 15 is 0 Å². The summed E-state index contributed by atoms with van der Waals surface area (Å²) in [6.07, 6.45) is 9.00. The number of imidazole rings is 1. The molecule has 1 aliphatic rings. The SMILES string of the molecule is CCCn1ccnc1CN1CCC[C@@H]1c1nccc(CNC(C)=O)n1. The molecule has 1 amide bonds. The first-order chi connectivity index (χ1) is 12.2. The molecule has 3 heterocycles. The predicted molar refractivity (Wildman–Crippen MR) is 94.5 cm³/mol. The van der Waals surface area contributed by atoms with Crippen molar-refractivity contribution in [3.05, 3.63) is 42.0 Å². The minimum Gasteiger partial charge on any atom is -0.351 e. The maximum absolute atomic E-state index is 11.1. The Morgan fingerprint density at radius 1 is 1.36 bits per heavy atom. The van der Waals surface area contributed by atoms with E-state index in [1.807, 2.05) is 12.3 Å². The Bertz CT molecular complexity index is 713. The molecule has 7 heteroatoms. The van der Waals surface area contributed by atoms with Gasteiger partial charge in [-0.05, 0) is 31.9 Å². The van der Waals surface area contributed by atoms with Crippen molar-refractivity contribution in [3.8, 4) is 0 Å². The van der Waals surface area contributed by atoms with Crippen LogP contribution in [0.3, 0.4) is 0 Å². The highest BCUT2D eigenvalue weighted by atomic mass is 16.1. The Hall–Kier alpha value is -2.28. The van der Waals surface area contributed by atoms with Crippen LogP contribution in [-0.4, -0.2) is 36.9 Å². The number of carbonyl (C=O) groups is 1. The number of aromatic nitrogens is 4. The second-order valence-electron chi connectivity index (χ2n) is 6.48. The number of aryl methyl sites for hydroxylation is 1. The van der Waals surface area contributed by atoms with E-state index in [0.29, 0.717) is 6.54 Å². The van der Waals surface area contributed by atoms with Gasteiger partial charge in [-0.25, -0.2) is 15.0 Å². The van der Waals surface area contributed by atoms with Gasteiger partial charge in [0, 0.05) is 32.1 Å². The topological polar surface area (TPSA) is 75.9 Å². The second-order valence-corrected chi connectivity index (χ2v) is 6.48. The maximum Gasteiger partial charge on any atom is 0.217 e. The van der Waals surface area contributed by atoms with Crippen LogP contribution in [0.25, 0.3) is 0 Å². The number of carbonyl (C=O) groups excluding carboxylic acids is 1. The predicted octanol–water partition coefficient (Wildman–Crippen LogP) is 2.06. The van der Waals surface area contributed by atoms with E-state index in [1.165, 1.54) is 6.92 Å². The van der Waals surface area contributed by atoms with E-state index in [1.54, 1.807) is 6.20 Å². The zero-order valence-electron chi connectivity index (χ0n) is 15.0. The molecule has 3 rings (SSSR count). The van der Waals surface area contributed by atoms with E-state index in [2.05, 4.69) is 42.9 Å². The molecule has 0 radical (unpaired) electrons. The van der Waals surface area contributed by atoms with E-state index < -0.39 is 0 Å². The first-order valence-corrected chi connectivity index (χ1v) is 8.97. The number of hydrogen-bond acceptors (Lipinski definition) is 5. The summed E-state index contributed by atoms with van der Waals surface area (Å²) in [6, 6.07) is 2.07. The summed E-state index contributed by atoms with van der Waals surface area (Å²) in [5.74, 6) is 1.89. The summed E-state index contributed by atoms with van der Waals surface area (Å²) in [7, 11) is 0. The van der Waals surface area contributed by atoms with Gasteiger partial charge in [0.05, 0.1) is 24.8 Å². The molecule has 1 fully saturated rings. The zero-order valence-corrected chi connectivity index (χ0v) is 15.0. The molecular formula is C18H26N6O. The highest BCUT2D eigenvalue weighted by molar-refractivity contribution is 5.72.